The number of esters is 1. The standard InChI is InChI=1S/C19H29ClO3/c20-17-16(21)13-19(23-18(17)22,15-10-4-5-11-15)12-6-9-14-7-2-1-3-8-14/h14-15,17H,1-13H2. The molecule has 3 fully saturated rings. The van der Waals surface area contributed by atoms with Crippen LogP contribution < -0.4 is 0 Å². The second kappa shape index (κ2) is 7.55. The summed E-state index contributed by atoms with van der Waals surface area (Å²) >= 11 is 5.88. The molecule has 2 aliphatic carbocycles. The summed E-state index contributed by atoms with van der Waals surface area (Å²) in [5.74, 6) is 0.547. The van der Waals surface area contributed by atoms with Crippen molar-refractivity contribution in [1.29, 1.82) is 0 Å². The van der Waals surface area contributed by atoms with Crippen LogP contribution in [0.5, 0.6) is 0 Å². The van der Waals surface area contributed by atoms with Crippen LogP contribution in [-0.4, -0.2) is 22.7 Å². The molecule has 1 heterocycles. The fourth-order valence-corrected chi connectivity index (χ4v) is 5.11. The van der Waals surface area contributed by atoms with Gasteiger partial charge in [0.05, 0.1) is 0 Å². The molecule has 0 aromatic rings. The van der Waals surface area contributed by atoms with Crippen molar-refractivity contribution in [3.05, 3.63) is 0 Å². The van der Waals surface area contributed by atoms with E-state index in [1.54, 1.807) is 0 Å². The Kier molecular flexibility index (Phi) is 5.66. The largest absolute Gasteiger partial charge is 0.457 e. The third-order valence-corrected chi connectivity index (χ3v) is 6.72. The zero-order valence-electron chi connectivity index (χ0n) is 14.0. The van der Waals surface area contributed by atoms with Crippen LogP contribution >= 0.6 is 11.6 Å². The molecule has 0 N–H and O–H groups in total. The molecule has 23 heavy (non-hydrogen) atoms. The first kappa shape index (κ1) is 17.3. The molecular formula is C19H29ClO3. The molecule has 0 aromatic carbocycles. The molecule has 4 heteroatoms. The summed E-state index contributed by atoms with van der Waals surface area (Å²) in [6, 6.07) is 0. The minimum atomic E-state index is -1.08. The van der Waals surface area contributed by atoms with E-state index in [0.717, 1.165) is 31.6 Å². The minimum absolute atomic E-state index is 0.132. The Bertz CT molecular complexity index is 418. The number of ketones is 1. The van der Waals surface area contributed by atoms with Gasteiger partial charge in [-0.25, -0.2) is 4.79 Å². The number of rotatable bonds is 5. The highest BCUT2D eigenvalue weighted by molar-refractivity contribution is 6.41. The average Bonchev–Trinajstić information content (AvgIpc) is 3.09. The second-order valence-electron chi connectivity index (χ2n) is 7.87. The van der Waals surface area contributed by atoms with Crippen molar-refractivity contribution >= 4 is 23.4 Å². The van der Waals surface area contributed by atoms with Crippen molar-refractivity contribution in [2.75, 3.05) is 0 Å². The molecule has 3 aliphatic rings. The number of halogens is 1. The van der Waals surface area contributed by atoms with E-state index in [9.17, 15) is 9.59 Å². The van der Waals surface area contributed by atoms with Gasteiger partial charge in [-0.2, -0.15) is 0 Å². The average molecular weight is 341 g/mol. The maximum Gasteiger partial charge on any atom is 0.332 e. The van der Waals surface area contributed by atoms with E-state index in [1.807, 2.05) is 0 Å². The molecule has 130 valence electrons. The lowest BCUT2D eigenvalue weighted by Crippen LogP contribution is -2.52. The van der Waals surface area contributed by atoms with Gasteiger partial charge in [0.25, 0.3) is 0 Å². The van der Waals surface area contributed by atoms with Gasteiger partial charge in [-0.1, -0.05) is 51.4 Å². The van der Waals surface area contributed by atoms with E-state index in [2.05, 4.69) is 0 Å². The van der Waals surface area contributed by atoms with Gasteiger partial charge >= 0.3 is 5.97 Å². The van der Waals surface area contributed by atoms with Crippen LogP contribution in [0.25, 0.3) is 0 Å². The summed E-state index contributed by atoms with van der Waals surface area (Å²) in [7, 11) is 0. The predicted molar refractivity (Wildman–Crippen MR) is 90.5 cm³/mol. The lowest BCUT2D eigenvalue weighted by Gasteiger charge is -2.42. The molecule has 3 nitrogen and oxygen atoms in total. The number of carbonyl (C=O) groups is 2. The molecule has 0 bridgehead atoms. The molecule has 2 atom stereocenters. The van der Waals surface area contributed by atoms with Gasteiger partial charge < -0.3 is 4.74 Å². The molecule has 0 spiro atoms. The first-order valence-corrected chi connectivity index (χ1v) is 9.94. The number of alkyl halides is 1. The Balaban J connectivity index is 1.63. The summed E-state index contributed by atoms with van der Waals surface area (Å²) in [5, 5.41) is -1.08. The van der Waals surface area contributed by atoms with Crippen LogP contribution in [0, 0.1) is 11.8 Å². The summed E-state index contributed by atoms with van der Waals surface area (Å²) in [5.41, 5.74) is -0.551. The fourth-order valence-electron chi connectivity index (χ4n) is 4.99. The summed E-state index contributed by atoms with van der Waals surface area (Å²) < 4.78 is 5.84. The van der Waals surface area contributed by atoms with E-state index in [4.69, 9.17) is 16.3 Å². The Labute approximate surface area is 144 Å². The van der Waals surface area contributed by atoms with E-state index in [-0.39, 0.29) is 5.78 Å². The van der Waals surface area contributed by atoms with Crippen molar-refractivity contribution in [2.24, 2.45) is 11.8 Å². The molecule has 0 radical (unpaired) electrons. The Morgan fingerprint density at radius 3 is 2.30 bits per heavy atom. The van der Waals surface area contributed by atoms with Gasteiger partial charge in [0.1, 0.15) is 5.60 Å². The van der Waals surface area contributed by atoms with Crippen LogP contribution in [0.3, 0.4) is 0 Å². The van der Waals surface area contributed by atoms with Crippen molar-refractivity contribution in [3.8, 4) is 0 Å². The van der Waals surface area contributed by atoms with Crippen LogP contribution in [0.4, 0.5) is 0 Å². The van der Waals surface area contributed by atoms with Gasteiger partial charge in [0.15, 0.2) is 11.2 Å². The quantitative estimate of drug-likeness (QED) is 0.410. The molecule has 1 aliphatic heterocycles. The Morgan fingerprint density at radius 2 is 1.65 bits per heavy atom. The van der Waals surface area contributed by atoms with Gasteiger partial charge in [-0.3, -0.25) is 4.79 Å². The third kappa shape index (κ3) is 3.92. The first-order chi connectivity index (χ1) is 11.1. The van der Waals surface area contributed by atoms with Crippen molar-refractivity contribution in [3.63, 3.8) is 0 Å². The van der Waals surface area contributed by atoms with Crippen molar-refractivity contribution < 1.29 is 14.3 Å². The monoisotopic (exact) mass is 340 g/mol. The number of carbonyl (C=O) groups excluding carboxylic acids is 2. The van der Waals surface area contributed by atoms with E-state index < -0.39 is 16.9 Å². The molecule has 1 saturated heterocycles. The smallest absolute Gasteiger partial charge is 0.332 e. The minimum Gasteiger partial charge on any atom is -0.457 e. The van der Waals surface area contributed by atoms with Gasteiger partial charge in [0, 0.05) is 6.42 Å². The lowest BCUT2D eigenvalue weighted by molar-refractivity contribution is -0.178. The lowest BCUT2D eigenvalue weighted by atomic mass is 9.75. The van der Waals surface area contributed by atoms with E-state index in [0.29, 0.717) is 12.3 Å². The second-order valence-corrected chi connectivity index (χ2v) is 8.31. The number of Topliss-reactive ketones (excluding diaryl/α,β-unsaturated/α-hetero) is 1. The predicted octanol–water partition coefficient (Wildman–Crippen LogP) is 4.79. The van der Waals surface area contributed by atoms with Crippen molar-refractivity contribution in [1.82, 2.24) is 0 Å². The normalized spacial score (nSPS) is 33.9. The molecule has 0 aromatic heterocycles. The molecule has 3 rings (SSSR count). The van der Waals surface area contributed by atoms with Gasteiger partial charge in [-0.05, 0) is 37.5 Å². The number of hydrogen-bond donors (Lipinski definition) is 0. The number of ether oxygens (including phenoxy) is 1. The van der Waals surface area contributed by atoms with Crippen LogP contribution in [0.15, 0.2) is 0 Å². The summed E-state index contributed by atoms with van der Waals surface area (Å²) in [6.07, 6.45) is 14.8. The van der Waals surface area contributed by atoms with Gasteiger partial charge in [-0.15, -0.1) is 11.6 Å². The zero-order chi connectivity index (χ0) is 16.3. The highest BCUT2D eigenvalue weighted by Crippen LogP contribution is 2.45. The maximum absolute atomic E-state index is 12.2. The SMILES string of the molecule is O=C1CC(CCCC2CCCCC2)(C2CCCC2)OC(=O)C1Cl. The topological polar surface area (TPSA) is 43.4 Å². The Hall–Kier alpha value is -0.570. The highest BCUT2D eigenvalue weighted by atomic mass is 35.5. The van der Waals surface area contributed by atoms with Crippen molar-refractivity contribution in [2.45, 2.75) is 94.4 Å². The number of cyclic esters (lactones) is 1. The van der Waals surface area contributed by atoms with Crippen LogP contribution in [-0.2, 0) is 14.3 Å². The molecule has 0 amide bonds. The zero-order valence-corrected chi connectivity index (χ0v) is 14.8. The summed E-state index contributed by atoms with van der Waals surface area (Å²) in [4.78, 5) is 24.3. The molecular weight excluding hydrogens is 312 g/mol. The van der Waals surface area contributed by atoms with E-state index in [1.165, 1.54) is 51.4 Å². The Morgan fingerprint density at radius 1 is 1.00 bits per heavy atom. The van der Waals surface area contributed by atoms with E-state index >= 15 is 0 Å². The summed E-state index contributed by atoms with van der Waals surface area (Å²) in [6.45, 7) is 0. The maximum atomic E-state index is 12.2. The fraction of sp³-hybridized carbons (Fsp3) is 0.895. The van der Waals surface area contributed by atoms with Crippen LogP contribution in [0.1, 0.15) is 83.5 Å². The molecule has 2 saturated carbocycles. The third-order valence-electron chi connectivity index (χ3n) is 6.30. The highest BCUT2D eigenvalue weighted by Gasteiger charge is 2.50. The molecule has 2 unspecified atom stereocenters. The number of hydrogen-bond acceptors (Lipinski definition) is 3. The van der Waals surface area contributed by atoms with Gasteiger partial charge in [0.2, 0.25) is 0 Å². The first-order valence-electron chi connectivity index (χ1n) is 9.50. The van der Waals surface area contributed by atoms with Crippen LogP contribution in [0.2, 0.25) is 0 Å².